The van der Waals surface area contributed by atoms with Crippen molar-refractivity contribution in [2.24, 2.45) is 0 Å². The lowest BCUT2D eigenvalue weighted by Crippen LogP contribution is -2.22. The fourth-order valence-corrected chi connectivity index (χ4v) is 2.47. The van der Waals surface area contributed by atoms with Gasteiger partial charge in [-0.25, -0.2) is 4.98 Å². The number of aromatic nitrogens is 2. The molecule has 0 aliphatic carbocycles. The number of nitrogens with one attached hydrogen (secondary N) is 1. The van der Waals surface area contributed by atoms with E-state index in [1.54, 1.807) is 24.5 Å². The highest BCUT2D eigenvalue weighted by Crippen LogP contribution is 2.23. The van der Waals surface area contributed by atoms with E-state index in [1.807, 2.05) is 31.2 Å². The highest BCUT2D eigenvalue weighted by atomic mass is 35.5. The van der Waals surface area contributed by atoms with Crippen LogP contribution in [0.15, 0.2) is 53.2 Å². The number of rotatable bonds is 5. The van der Waals surface area contributed by atoms with Crippen molar-refractivity contribution in [3.8, 4) is 11.5 Å². The minimum absolute atomic E-state index is 0.143. The molecule has 0 fully saturated rings. The SMILES string of the molecule is Cc1oc(-c2ccc(C(=O)NCc3cccnc3)cc2)nc1CCl. The number of hydrogen-bond acceptors (Lipinski definition) is 4. The molecular weight excluding hydrogens is 326 g/mol. The van der Waals surface area contributed by atoms with Gasteiger partial charge in [-0.15, -0.1) is 11.6 Å². The van der Waals surface area contributed by atoms with Gasteiger partial charge in [0.1, 0.15) is 5.76 Å². The van der Waals surface area contributed by atoms with E-state index in [1.165, 1.54) is 0 Å². The predicted octanol–water partition coefficient (Wildman–Crippen LogP) is 3.71. The van der Waals surface area contributed by atoms with Crippen molar-refractivity contribution in [3.05, 3.63) is 71.4 Å². The van der Waals surface area contributed by atoms with Crippen molar-refractivity contribution >= 4 is 17.5 Å². The Balaban J connectivity index is 1.68. The van der Waals surface area contributed by atoms with Gasteiger partial charge in [0.05, 0.1) is 11.6 Å². The molecule has 2 aromatic heterocycles. The van der Waals surface area contributed by atoms with E-state index < -0.39 is 0 Å². The molecule has 0 radical (unpaired) electrons. The highest BCUT2D eigenvalue weighted by molar-refractivity contribution is 6.17. The van der Waals surface area contributed by atoms with Gasteiger partial charge in [-0.1, -0.05) is 6.07 Å². The van der Waals surface area contributed by atoms with E-state index in [4.69, 9.17) is 16.0 Å². The average Bonchev–Trinajstić information content (AvgIpc) is 3.01. The maximum Gasteiger partial charge on any atom is 0.251 e. The molecule has 0 unspecified atom stereocenters. The number of pyridine rings is 1. The fourth-order valence-electron chi connectivity index (χ4n) is 2.23. The standard InChI is InChI=1S/C18H16ClN3O2/c1-12-16(9-19)22-18(24-12)15-6-4-14(5-7-15)17(23)21-11-13-3-2-8-20-10-13/h2-8,10H,9,11H2,1H3,(H,21,23). The van der Waals surface area contributed by atoms with Crippen molar-refractivity contribution in [2.45, 2.75) is 19.3 Å². The molecule has 3 aromatic rings. The molecule has 0 aliphatic rings. The Kier molecular flexibility index (Phi) is 4.91. The molecule has 0 spiro atoms. The number of halogens is 1. The third-order valence-electron chi connectivity index (χ3n) is 3.59. The molecule has 1 N–H and O–H groups in total. The number of carbonyl (C=O) groups excluding carboxylic acids is 1. The lowest BCUT2D eigenvalue weighted by molar-refractivity contribution is 0.0951. The lowest BCUT2D eigenvalue weighted by Gasteiger charge is -2.05. The molecule has 3 rings (SSSR count). The summed E-state index contributed by atoms with van der Waals surface area (Å²) < 4.78 is 5.59. The Morgan fingerprint density at radius 1 is 1.25 bits per heavy atom. The quantitative estimate of drug-likeness (QED) is 0.718. The number of oxazole rings is 1. The van der Waals surface area contributed by atoms with Gasteiger partial charge in [-0.2, -0.15) is 0 Å². The summed E-state index contributed by atoms with van der Waals surface area (Å²) in [5, 5.41) is 2.86. The van der Waals surface area contributed by atoms with Gasteiger partial charge in [-0.3, -0.25) is 9.78 Å². The summed E-state index contributed by atoms with van der Waals surface area (Å²) in [6.07, 6.45) is 3.42. The van der Waals surface area contributed by atoms with Crippen LogP contribution in [0.2, 0.25) is 0 Å². The molecule has 6 heteroatoms. The molecule has 0 saturated carbocycles. The van der Waals surface area contributed by atoms with Crippen LogP contribution in [0.3, 0.4) is 0 Å². The largest absolute Gasteiger partial charge is 0.441 e. The van der Waals surface area contributed by atoms with Crippen LogP contribution in [0.4, 0.5) is 0 Å². The monoisotopic (exact) mass is 341 g/mol. The van der Waals surface area contributed by atoms with E-state index in [0.717, 1.165) is 16.8 Å². The first kappa shape index (κ1) is 16.2. The normalized spacial score (nSPS) is 10.6. The molecule has 0 saturated heterocycles. The van der Waals surface area contributed by atoms with Crippen LogP contribution in [0.1, 0.15) is 27.4 Å². The molecule has 0 bridgehead atoms. The number of alkyl halides is 1. The first-order valence-electron chi connectivity index (χ1n) is 7.47. The molecule has 24 heavy (non-hydrogen) atoms. The summed E-state index contributed by atoms with van der Waals surface area (Å²) in [5.74, 6) is 1.38. The van der Waals surface area contributed by atoms with Crippen LogP contribution in [-0.2, 0) is 12.4 Å². The van der Waals surface area contributed by atoms with Crippen LogP contribution in [0, 0.1) is 6.92 Å². The molecule has 0 atom stereocenters. The second kappa shape index (κ2) is 7.27. The van der Waals surface area contributed by atoms with Crippen LogP contribution >= 0.6 is 11.6 Å². The third kappa shape index (κ3) is 3.63. The Labute approximate surface area is 144 Å². The van der Waals surface area contributed by atoms with Gasteiger partial charge >= 0.3 is 0 Å². The van der Waals surface area contributed by atoms with Crippen LogP contribution in [0.25, 0.3) is 11.5 Å². The summed E-state index contributed by atoms with van der Waals surface area (Å²) in [7, 11) is 0. The Morgan fingerprint density at radius 3 is 2.67 bits per heavy atom. The minimum atomic E-state index is -0.143. The Hall–Kier alpha value is -2.66. The maximum atomic E-state index is 12.2. The topological polar surface area (TPSA) is 68.0 Å². The van der Waals surface area contributed by atoms with Gasteiger partial charge in [-0.05, 0) is 42.8 Å². The molecular formula is C18H16ClN3O2. The zero-order valence-electron chi connectivity index (χ0n) is 13.1. The van der Waals surface area contributed by atoms with Gasteiger partial charge in [0.15, 0.2) is 0 Å². The maximum absolute atomic E-state index is 12.2. The number of hydrogen-bond donors (Lipinski definition) is 1. The lowest BCUT2D eigenvalue weighted by atomic mass is 10.1. The Bertz CT molecular complexity index is 829. The highest BCUT2D eigenvalue weighted by Gasteiger charge is 2.11. The van der Waals surface area contributed by atoms with E-state index in [9.17, 15) is 4.79 Å². The average molecular weight is 342 g/mol. The number of amides is 1. The molecule has 2 heterocycles. The second-order valence-corrected chi connectivity index (χ2v) is 5.54. The van der Waals surface area contributed by atoms with E-state index in [-0.39, 0.29) is 5.91 Å². The summed E-state index contributed by atoms with van der Waals surface area (Å²) >= 11 is 5.81. The Morgan fingerprint density at radius 2 is 2.04 bits per heavy atom. The molecule has 0 aliphatic heterocycles. The number of nitrogens with zero attached hydrogens (tertiary/aromatic N) is 2. The summed E-state index contributed by atoms with van der Waals surface area (Å²) in [6.45, 7) is 2.26. The fraction of sp³-hybridized carbons (Fsp3) is 0.167. The van der Waals surface area contributed by atoms with E-state index in [2.05, 4.69) is 15.3 Å². The molecule has 122 valence electrons. The zero-order chi connectivity index (χ0) is 16.9. The number of aryl methyl sites for hydroxylation is 1. The molecule has 1 amide bonds. The number of carbonyl (C=O) groups is 1. The van der Waals surface area contributed by atoms with Gasteiger partial charge in [0.25, 0.3) is 5.91 Å². The van der Waals surface area contributed by atoms with Crippen molar-refractivity contribution in [3.63, 3.8) is 0 Å². The first-order valence-corrected chi connectivity index (χ1v) is 8.00. The van der Waals surface area contributed by atoms with Crippen LogP contribution in [0.5, 0.6) is 0 Å². The van der Waals surface area contributed by atoms with Crippen LogP contribution < -0.4 is 5.32 Å². The van der Waals surface area contributed by atoms with Crippen molar-refractivity contribution in [2.75, 3.05) is 0 Å². The summed E-state index contributed by atoms with van der Waals surface area (Å²) in [6, 6.07) is 10.9. The first-order chi connectivity index (χ1) is 11.7. The van der Waals surface area contributed by atoms with Crippen molar-refractivity contribution in [1.29, 1.82) is 0 Å². The van der Waals surface area contributed by atoms with Gasteiger partial charge in [0, 0.05) is 30.1 Å². The van der Waals surface area contributed by atoms with Crippen LogP contribution in [-0.4, -0.2) is 15.9 Å². The minimum Gasteiger partial charge on any atom is -0.441 e. The second-order valence-electron chi connectivity index (χ2n) is 5.28. The van der Waals surface area contributed by atoms with E-state index >= 15 is 0 Å². The molecule has 1 aromatic carbocycles. The zero-order valence-corrected chi connectivity index (χ0v) is 13.9. The number of benzene rings is 1. The van der Waals surface area contributed by atoms with E-state index in [0.29, 0.717) is 29.6 Å². The summed E-state index contributed by atoms with van der Waals surface area (Å²) in [5.41, 5.74) is 3.05. The predicted molar refractivity (Wildman–Crippen MR) is 91.6 cm³/mol. The van der Waals surface area contributed by atoms with Crippen molar-refractivity contribution < 1.29 is 9.21 Å². The summed E-state index contributed by atoms with van der Waals surface area (Å²) in [4.78, 5) is 20.5. The third-order valence-corrected chi connectivity index (χ3v) is 3.84. The smallest absolute Gasteiger partial charge is 0.251 e. The van der Waals surface area contributed by atoms with Gasteiger partial charge in [0.2, 0.25) is 5.89 Å². The van der Waals surface area contributed by atoms with Gasteiger partial charge < -0.3 is 9.73 Å². The van der Waals surface area contributed by atoms with Crippen molar-refractivity contribution in [1.82, 2.24) is 15.3 Å². The molecule has 5 nitrogen and oxygen atoms in total.